The van der Waals surface area contributed by atoms with Crippen LogP contribution in [0, 0.1) is 0 Å². The third-order valence-corrected chi connectivity index (χ3v) is 4.57. The lowest BCUT2D eigenvalue weighted by Gasteiger charge is -2.24. The van der Waals surface area contributed by atoms with Crippen molar-refractivity contribution < 1.29 is 18.7 Å². The standard InChI is InChI=1S/C20H18N2O4/c1-20(22-9-10-25-20)12-7-8-13-16(11-12)26-19(17(13)21)18(23)14-5-3-4-6-15(14)24-2/h3-11,22H,21H2,1-2H3. The fourth-order valence-corrected chi connectivity index (χ4v) is 3.09. The van der Waals surface area contributed by atoms with E-state index >= 15 is 0 Å². The summed E-state index contributed by atoms with van der Waals surface area (Å²) in [5.74, 6) is 0.256. The molecule has 0 saturated heterocycles. The van der Waals surface area contributed by atoms with Gasteiger partial charge in [0.05, 0.1) is 18.4 Å². The van der Waals surface area contributed by atoms with Crippen LogP contribution in [0.25, 0.3) is 11.0 Å². The Labute approximate surface area is 150 Å². The minimum absolute atomic E-state index is 0.102. The first-order valence-corrected chi connectivity index (χ1v) is 8.14. The summed E-state index contributed by atoms with van der Waals surface area (Å²) in [5, 5.41) is 3.82. The fourth-order valence-electron chi connectivity index (χ4n) is 3.09. The van der Waals surface area contributed by atoms with Gasteiger partial charge in [0.15, 0.2) is 5.76 Å². The highest BCUT2D eigenvalue weighted by atomic mass is 16.5. The van der Waals surface area contributed by atoms with Crippen LogP contribution in [-0.2, 0) is 10.5 Å². The van der Waals surface area contributed by atoms with Crippen molar-refractivity contribution in [2.45, 2.75) is 12.6 Å². The van der Waals surface area contributed by atoms with Crippen molar-refractivity contribution in [2.24, 2.45) is 0 Å². The zero-order valence-corrected chi connectivity index (χ0v) is 14.4. The van der Waals surface area contributed by atoms with Crippen LogP contribution in [0.15, 0.2) is 59.3 Å². The van der Waals surface area contributed by atoms with E-state index in [1.165, 1.54) is 7.11 Å². The number of fused-ring (bicyclic) bond motifs is 1. The molecular weight excluding hydrogens is 332 g/mol. The van der Waals surface area contributed by atoms with E-state index in [1.807, 2.05) is 25.1 Å². The molecule has 4 rings (SSSR count). The molecule has 1 aromatic heterocycles. The first kappa shape index (κ1) is 16.1. The van der Waals surface area contributed by atoms with E-state index in [4.69, 9.17) is 19.6 Å². The Morgan fingerprint density at radius 2 is 2.04 bits per heavy atom. The lowest BCUT2D eigenvalue weighted by Crippen LogP contribution is -2.33. The van der Waals surface area contributed by atoms with Crippen molar-refractivity contribution >= 4 is 22.4 Å². The molecular formula is C20H18N2O4. The zero-order valence-electron chi connectivity index (χ0n) is 14.4. The van der Waals surface area contributed by atoms with E-state index in [0.717, 1.165) is 5.56 Å². The lowest BCUT2D eigenvalue weighted by molar-refractivity contribution is 0.0402. The Hall–Kier alpha value is -3.41. The van der Waals surface area contributed by atoms with Crippen LogP contribution < -0.4 is 15.8 Å². The summed E-state index contributed by atoms with van der Waals surface area (Å²) in [6, 6.07) is 12.5. The van der Waals surface area contributed by atoms with Crippen LogP contribution in [0.3, 0.4) is 0 Å². The van der Waals surface area contributed by atoms with Gasteiger partial charge in [-0.05, 0) is 31.2 Å². The molecule has 1 aliphatic heterocycles. The van der Waals surface area contributed by atoms with Gasteiger partial charge in [0.25, 0.3) is 0 Å². The fraction of sp³-hybridized carbons (Fsp3) is 0.150. The van der Waals surface area contributed by atoms with E-state index in [1.54, 1.807) is 36.7 Å². The molecule has 0 bridgehead atoms. The molecule has 0 radical (unpaired) electrons. The summed E-state index contributed by atoms with van der Waals surface area (Å²) >= 11 is 0. The summed E-state index contributed by atoms with van der Waals surface area (Å²) in [4.78, 5) is 12.9. The van der Waals surface area contributed by atoms with Gasteiger partial charge in [-0.25, -0.2) is 0 Å². The molecule has 1 unspecified atom stereocenters. The van der Waals surface area contributed by atoms with Gasteiger partial charge in [0.1, 0.15) is 17.6 Å². The summed E-state index contributed by atoms with van der Waals surface area (Å²) < 4.78 is 16.7. The highest BCUT2D eigenvalue weighted by Crippen LogP contribution is 2.35. The Bertz CT molecular complexity index is 1030. The van der Waals surface area contributed by atoms with Gasteiger partial charge >= 0.3 is 0 Å². The van der Waals surface area contributed by atoms with Crippen LogP contribution in [0.2, 0.25) is 0 Å². The average molecular weight is 350 g/mol. The number of benzene rings is 2. The molecule has 132 valence electrons. The SMILES string of the molecule is COc1ccccc1C(=O)c1oc2cc(C3(C)NC=CO3)ccc2c1N. The van der Waals surface area contributed by atoms with Gasteiger partial charge in [-0.15, -0.1) is 0 Å². The molecule has 0 amide bonds. The molecule has 2 heterocycles. The van der Waals surface area contributed by atoms with Gasteiger partial charge in [-0.1, -0.05) is 18.2 Å². The monoisotopic (exact) mass is 350 g/mol. The Balaban J connectivity index is 1.79. The number of para-hydroxylation sites is 1. The number of methoxy groups -OCH3 is 1. The Morgan fingerprint density at radius 3 is 2.77 bits per heavy atom. The second-order valence-corrected chi connectivity index (χ2v) is 6.18. The lowest BCUT2D eigenvalue weighted by atomic mass is 10.0. The quantitative estimate of drug-likeness (QED) is 0.700. The van der Waals surface area contributed by atoms with Gasteiger partial charge in [-0.3, -0.25) is 4.79 Å². The second-order valence-electron chi connectivity index (χ2n) is 6.18. The van der Waals surface area contributed by atoms with Gasteiger partial charge in [-0.2, -0.15) is 0 Å². The van der Waals surface area contributed by atoms with Crippen molar-refractivity contribution in [3.63, 3.8) is 0 Å². The van der Waals surface area contributed by atoms with E-state index in [-0.39, 0.29) is 11.5 Å². The maximum atomic E-state index is 12.9. The smallest absolute Gasteiger partial charge is 0.234 e. The van der Waals surface area contributed by atoms with Crippen LogP contribution in [0.5, 0.6) is 5.75 Å². The summed E-state index contributed by atoms with van der Waals surface area (Å²) in [6.07, 6.45) is 3.33. The summed E-state index contributed by atoms with van der Waals surface area (Å²) in [5.41, 5.74) is 7.61. The average Bonchev–Trinajstić information content (AvgIpc) is 3.25. The van der Waals surface area contributed by atoms with Crippen molar-refractivity contribution in [3.8, 4) is 5.75 Å². The number of carbonyl (C=O) groups is 1. The number of carbonyl (C=O) groups excluding carboxylic acids is 1. The Kier molecular flexibility index (Phi) is 3.61. The predicted octanol–water partition coefficient (Wildman–Crippen LogP) is 3.52. The maximum absolute atomic E-state index is 12.9. The molecule has 3 N–H and O–H groups in total. The first-order chi connectivity index (χ1) is 12.5. The highest BCUT2D eigenvalue weighted by molar-refractivity contribution is 6.15. The normalized spacial score (nSPS) is 18.5. The molecule has 6 heteroatoms. The van der Waals surface area contributed by atoms with Crippen LogP contribution >= 0.6 is 0 Å². The second kappa shape index (κ2) is 5.84. The van der Waals surface area contributed by atoms with Crippen molar-refractivity contribution in [1.82, 2.24) is 5.32 Å². The van der Waals surface area contributed by atoms with E-state index < -0.39 is 5.72 Å². The highest BCUT2D eigenvalue weighted by Gasteiger charge is 2.30. The number of hydrogen-bond acceptors (Lipinski definition) is 6. The number of nitrogen functional groups attached to an aromatic ring is 1. The third-order valence-electron chi connectivity index (χ3n) is 4.57. The number of anilines is 1. The first-order valence-electron chi connectivity index (χ1n) is 8.14. The summed E-state index contributed by atoms with van der Waals surface area (Å²) in [7, 11) is 1.52. The molecule has 3 aromatic rings. The van der Waals surface area contributed by atoms with Crippen LogP contribution in [0.4, 0.5) is 5.69 Å². The number of ether oxygens (including phenoxy) is 2. The number of furan rings is 1. The molecule has 1 atom stereocenters. The molecule has 1 aliphatic rings. The predicted molar refractivity (Wildman–Crippen MR) is 97.8 cm³/mol. The number of hydrogen-bond donors (Lipinski definition) is 2. The van der Waals surface area contributed by atoms with Crippen molar-refractivity contribution in [2.75, 3.05) is 12.8 Å². The molecule has 0 saturated carbocycles. The zero-order chi connectivity index (χ0) is 18.3. The minimum atomic E-state index is -0.678. The number of rotatable bonds is 4. The molecule has 2 aromatic carbocycles. The molecule has 26 heavy (non-hydrogen) atoms. The molecule has 0 fully saturated rings. The maximum Gasteiger partial charge on any atom is 0.234 e. The summed E-state index contributed by atoms with van der Waals surface area (Å²) in [6.45, 7) is 1.90. The van der Waals surface area contributed by atoms with Crippen molar-refractivity contribution in [3.05, 3.63) is 71.8 Å². The minimum Gasteiger partial charge on any atom is -0.496 e. The molecule has 6 nitrogen and oxygen atoms in total. The number of ketones is 1. The molecule has 0 spiro atoms. The van der Waals surface area contributed by atoms with Gasteiger partial charge in [0.2, 0.25) is 11.5 Å². The van der Waals surface area contributed by atoms with Gasteiger partial charge in [0, 0.05) is 17.1 Å². The number of nitrogens with two attached hydrogens (primary N) is 1. The van der Waals surface area contributed by atoms with E-state index in [2.05, 4.69) is 5.32 Å². The molecule has 0 aliphatic carbocycles. The van der Waals surface area contributed by atoms with Crippen molar-refractivity contribution in [1.29, 1.82) is 0 Å². The van der Waals surface area contributed by atoms with Gasteiger partial charge < -0.3 is 24.9 Å². The topological polar surface area (TPSA) is 86.7 Å². The van der Waals surface area contributed by atoms with Crippen LogP contribution in [0.1, 0.15) is 28.6 Å². The Morgan fingerprint density at radius 1 is 1.23 bits per heavy atom. The van der Waals surface area contributed by atoms with E-state index in [0.29, 0.717) is 28.0 Å². The number of nitrogens with one attached hydrogen (secondary N) is 1. The third kappa shape index (κ3) is 2.38. The van der Waals surface area contributed by atoms with E-state index in [9.17, 15) is 4.79 Å². The largest absolute Gasteiger partial charge is 0.496 e. The van der Waals surface area contributed by atoms with Crippen LogP contribution in [-0.4, -0.2) is 12.9 Å².